The van der Waals surface area contributed by atoms with Crippen molar-refractivity contribution < 1.29 is 32.6 Å². The third kappa shape index (κ3) is 2.22. The average molecular weight is 333 g/mol. The minimum Gasteiger partial charge on any atom is -0.463 e. The van der Waals surface area contributed by atoms with E-state index in [0.29, 0.717) is 0 Å². The molecule has 2 rings (SSSR count). The summed E-state index contributed by atoms with van der Waals surface area (Å²) in [5, 5.41) is 0. The number of esters is 1. The first-order valence-corrected chi connectivity index (χ1v) is 7.60. The number of carbonyl (C=O) groups excluding carboxylic acids is 2. The van der Waals surface area contributed by atoms with Crippen molar-refractivity contribution in [3.63, 3.8) is 0 Å². The number of ether oxygens (including phenoxy) is 3. The molecule has 0 aliphatic carbocycles. The molecule has 0 aromatic carbocycles. The topological polar surface area (TPSA) is 65.1 Å². The highest BCUT2D eigenvalue weighted by atomic mass is 19.3. The monoisotopic (exact) mass is 333 g/mol. The maximum atomic E-state index is 14.8. The summed E-state index contributed by atoms with van der Waals surface area (Å²) in [6.45, 7) is 6.54. The predicted molar refractivity (Wildman–Crippen MR) is 76.1 cm³/mol. The van der Waals surface area contributed by atoms with Crippen molar-refractivity contribution in [1.82, 2.24) is 4.90 Å². The quantitative estimate of drug-likeness (QED) is 0.570. The number of alkyl halides is 2. The molecule has 0 aromatic heterocycles. The van der Waals surface area contributed by atoms with E-state index in [1.54, 1.807) is 13.8 Å². The summed E-state index contributed by atoms with van der Waals surface area (Å²) in [4.78, 5) is 25.9. The molecule has 3 atom stereocenters. The van der Waals surface area contributed by atoms with Crippen LogP contribution in [0.1, 0.15) is 27.7 Å². The molecule has 8 heteroatoms. The Labute approximate surface area is 133 Å². The van der Waals surface area contributed by atoms with E-state index in [0.717, 1.165) is 0 Å². The van der Waals surface area contributed by atoms with E-state index in [1.807, 2.05) is 0 Å². The van der Waals surface area contributed by atoms with Crippen molar-refractivity contribution >= 4 is 12.1 Å². The third-order valence-corrected chi connectivity index (χ3v) is 4.31. The largest absolute Gasteiger partial charge is 0.463 e. The Morgan fingerprint density at radius 1 is 1.26 bits per heavy atom. The first-order chi connectivity index (χ1) is 10.7. The standard InChI is InChI=1S/C15H21F2NO5/c1-5-18(6-2)12(20)23-14(11(19)21-7-3)13(4)9-8-10(22-13)15(14,16)17/h8-10H,5-7H2,1-4H3/t10-,13+,14+/m1/s1. The first kappa shape index (κ1) is 17.7. The normalized spacial score (nSPS) is 33.6. The van der Waals surface area contributed by atoms with E-state index in [9.17, 15) is 18.4 Å². The van der Waals surface area contributed by atoms with Crippen molar-refractivity contribution in [2.24, 2.45) is 0 Å². The number of nitrogens with zero attached hydrogens (tertiary/aromatic N) is 1. The van der Waals surface area contributed by atoms with Crippen LogP contribution in [0.4, 0.5) is 13.6 Å². The summed E-state index contributed by atoms with van der Waals surface area (Å²) in [7, 11) is 0. The lowest BCUT2D eigenvalue weighted by Gasteiger charge is -2.41. The molecule has 0 radical (unpaired) electrons. The Morgan fingerprint density at radius 3 is 2.30 bits per heavy atom. The zero-order chi connectivity index (χ0) is 17.5. The van der Waals surface area contributed by atoms with Crippen LogP contribution >= 0.6 is 0 Å². The number of carbonyl (C=O) groups is 2. The second kappa shape index (κ2) is 5.74. The highest BCUT2D eigenvalue weighted by molar-refractivity contribution is 5.88. The molecule has 0 N–H and O–H groups in total. The minimum atomic E-state index is -3.73. The van der Waals surface area contributed by atoms with E-state index in [4.69, 9.17) is 14.2 Å². The molecule has 0 unspecified atom stereocenters. The fourth-order valence-electron chi connectivity index (χ4n) is 3.00. The zero-order valence-corrected chi connectivity index (χ0v) is 13.6. The number of rotatable bonds is 5. The Hall–Kier alpha value is -1.70. The molecule has 2 bridgehead atoms. The van der Waals surface area contributed by atoms with Crippen molar-refractivity contribution in [3.05, 3.63) is 12.2 Å². The molecule has 1 amide bonds. The minimum absolute atomic E-state index is 0.121. The van der Waals surface area contributed by atoms with Gasteiger partial charge in [0.2, 0.25) is 0 Å². The highest BCUT2D eigenvalue weighted by Gasteiger charge is 2.83. The van der Waals surface area contributed by atoms with Gasteiger partial charge in [0.1, 0.15) is 11.7 Å². The molecule has 0 aromatic rings. The van der Waals surface area contributed by atoms with Crippen LogP contribution in [0.2, 0.25) is 0 Å². The van der Waals surface area contributed by atoms with E-state index >= 15 is 0 Å². The number of amides is 1. The lowest BCUT2D eigenvalue weighted by atomic mass is 9.76. The molecule has 130 valence electrons. The Balaban J connectivity index is 2.48. The maximum Gasteiger partial charge on any atom is 0.411 e. The van der Waals surface area contributed by atoms with E-state index in [1.165, 1.54) is 30.9 Å². The number of hydrogen-bond acceptors (Lipinski definition) is 5. The number of halogens is 2. The first-order valence-electron chi connectivity index (χ1n) is 7.60. The van der Waals surface area contributed by atoms with Crippen LogP contribution in [0, 0.1) is 0 Å². The summed E-state index contributed by atoms with van der Waals surface area (Å²) in [6.07, 6.45) is -0.153. The molecule has 23 heavy (non-hydrogen) atoms. The van der Waals surface area contributed by atoms with Gasteiger partial charge in [0.05, 0.1) is 6.61 Å². The summed E-state index contributed by atoms with van der Waals surface area (Å²) in [5.74, 6) is -5.04. The van der Waals surface area contributed by atoms with Crippen LogP contribution in [0.25, 0.3) is 0 Å². The van der Waals surface area contributed by atoms with Crippen LogP contribution in [-0.2, 0) is 19.0 Å². The second-order valence-electron chi connectivity index (χ2n) is 5.57. The Bertz CT molecular complexity index is 534. The number of hydrogen-bond donors (Lipinski definition) is 0. The van der Waals surface area contributed by atoms with Crippen molar-refractivity contribution in [1.29, 1.82) is 0 Å². The van der Waals surface area contributed by atoms with Gasteiger partial charge in [0.25, 0.3) is 0 Å². The van der Waals surface area contributed by atoms with Gasteiger partial charge in [0, 0.05) is 13.1 Å². The molecule has 0 saturated carbocycles. The number of fused-ring (bicyclic) bond motifs is 2. The molecule has 6 nitrogen and oxygen atoms in total. The van der Waals surface area contributed by atoms with E-state index < -0.39 is 35.3 Å². The van der Waals surface area contributed by atoms with Crippen molar-refractivity contribution in [2.75, 3.05) is 19.7 Å². The SMILES string of the molecule is CCOC(=O)[C@@]1(OC(=O)N(CC)CC)C(F)(F)[C@H]2C=C[C@]1(C)O2. The molecule has 1 fully saturated rings. The summed E-state index contributed by atoms with van der Waals surface area (Å²) in [5.41, 5.74) is -4.62. The van der Waals surface area contributed by atoms with Gasteiger partial charge < -0.3 is 19.1 Å². The molecular formula is C15H21F2NO5. The fraction of sp³-hybridized carbons (Fsp3) is 0.733. The zero-order valence-electron chi connectivity index (χ0n) is 13.6. The lowest BCUT2D eigenvalue weighted by molar-refractivity contribution is -0.213. The second-order valence-corrected chi connectivity index (χ2v) is 5.57. The van der Waals surface area contributed by atoms with Gasteiger partial charge in [-0.15, -0.1) is 0 Å². The van der Waals surface area contributed by atoms with Crippen LogP contribution in [-0.4, -0.2) is 59.9 Å². The van der Waals surface area contributed by atoms with Crippen molar-refractivity contribution in [2.45, 2.75) is 50.9 Å². The molecular weight excluding hydrogens is 312 g/mol. The van der Waals surface area contributed by atoms with Gasteiger partial charge in [0.15, 0.2) is 0 Å². The Kier molecular flexibility index (Phi) is 4.40. The predicted octanol–water partition coefficient (Wildman–Crippen LogP) is 2.13. The lowest BCUT2D eigenvalue weighted by Crippen LogP contribution is -2.68. The summed E-state index contributed by atoms with van der Waals surface area (Å²) >= 11 is 0. The molecule has 2 aliphatic rings. The van der Waals surface area contributed by atoms with E-state index in [2.05, 4.69) is 0 Å². The van der Waals surface area contributed by atoms with Gasteiger partial charge in [-0.05, 0) is 33.8 Å². The molecule has 0 spiro atoms. The molecule has 1 saturated heterocycles. The van der Waals surface area contributed by atoms with Gasteiger partial charge in [-0.1, -0.05) is 6.08 Å². The summed E-state index contributed by atoms with van der Waals surface area (Å²) in [6, 6.07) is 0. The van der Waals surface area contributed by atoms with Gasteiger partial charge in [-0.2, -0.15) is 8.78 Å². The fourth-order valence-corrected chi connectivity index (χ4v) is 3.00. The smallest absolute Gasteiger partial charge is 0.411 e. The summed E-state index contributed by atoms with van der Waals surface area (Å²) < 4.78 is 44.8. The van der Waals surface area contributed by atoms with Gasteiger partial charge in [-0.25, -0.2) is 9.59 Å². The van der Waals surface area contributed by atoms with Crippen LogP contribution in [0.5, 0.6) is 0 Å². The maximum absolute atomic E-state index is 14.8. The molecule has 2 heterocycles. The molecule has 2 aliphatic heterocycles. The van der Waals surface area contributed by atoms with E-state index in [-0.39, 0.29) is 19.7 Å². The van der Waals surface area contributed by atoms with Crippen LogP contribution in [0.15, 0.2) is 12.2 Å². The average Bonchev–Trinajstić information content (AvgIpc) is 2.95. The Morgan fingerprint density at radius 2 is 1.87 bits per heavy atom. The van der Waals surface area contributed by atoms with Crippen LogP contribution in [0.3, 0.4) is 0 Å². The van der Waals surface area contributed by atoms with Crippen molar-refractivity contribution in [3.8, 4) is 0 Å². The van der Waals surface area contributed by atoms with Gasteiger partial charge in [-0.3, -0.25) is 0 Å². The highest BCUT2D eigenvalue weighted by Crippen LogP contribution is 2.57. The third-order valence-electron chi connectivity index (χ3n) is 4.31. The van der Waals surface area contributed by atoms with Crippen LogP contribution < -0.4 is 0 Å². The van der Waals surface area contributed by atoms with Gasteiger partial charge >= 0.3 is 23.6 Å².